The van der Waals surface area contributed by atoms with E-state index in [0.717, 1.165) is 12.1 Å². The average Bonchev–Trinajstić information content (AvgIpc) is 2.96. The summed E-state index contributed by atoms with van der Waals surface area (Å²) in [7, 11) is 0. The van der Waals surface area contributed by atoms with Crippen molar-refractivity contribution >= 4 is 34.9 Å². The highest BCUT2D eigenvalue weighted by molar-refractivity contribution is 6.36. The number of anilines is 1. The van der Waals surface area contributed by atoms with Crippen molar-refractivity contribution in [3.8, 4) is 0 Å². The van der Waals surface area contributed by atoms with Gasteiger partial charge in [-0.3, -0.25) is 4.79 Å². The van der Waals surface area contributed by atoms with Crippen molar-refractivity contribution in [2.45, 2.75) is 6.42 Å². The quantitative estimate of drug-likeness (QED) is 0.874. The van der Waals surface area contributed by atoms with Gasteiger partial charge in [-0.25, -0.2) is 0 Å². The van der Waals surface area contributed by atoms with Crippen LogP contribution in [-0.2, 0) is 4.79 Å². The lowest BCUT2D eigenvalue weighted by Crippen LogP contribution is -2.08. The summed E-state index contributed by atoms with van der Waals surface area (Å²) < 4.78 is 0. The number of nitrogens with one attached hydrogen (secondary N) is 1. The third kappa shape index (κ3) is 2.60. The Morgan fingerprint density at radius 2 is 2.25 bits per heavy atom. The Balaban J connectivity index is 1.89. The minimum Gasteiger partial charge on any atom is -0.481 e. The van der Waals surface area contributed by atoms with Gasteiger partial charge in [-0.05, 0) is 30.5 Å². The van der Waals surface area contributed by atoms with Crippen molar-refractivity contribution in [2.24, 2.45) is 11.8 Å². The highest BCUT2D eigenvalue weighted by atomic mass is 35.5. The van der Waals surface area contributed by atoms with E-state index in [9.17, 15) is 4.79 Å². The molecule has 0 aliphatic heterocycles. The van der Waals surface area contributed by atoms with Crippen LogP contribution in [0.3, 0.4) is 0 Å². The number of carboxylic acids is 1. The molecule has 1 aliphatic carbocycles. The van der Waals surface area contributed by atoms with Gasteiger partial charge in [-0.2, -0.15) is 0 Å². The molecule has 0 saturated heterocycles. The fourth-order valence-corrected chi connectivity index (χ4v) is 2.12. The number of carboxylic acid groups (broad SMARTS) is 1. The van der Waals surface area contributed by atoms with Crippen LogP contribution in [0.25, 0.3) is 0 Å². The van der Waals surface area contributed by atoms with Crippen molar-refractivity contribution in [1.82, 2.24) is 0 Å². The van der Waals surface area contributed by atoms with Gasteiger partial charge < -0.3 is 10.4 Å². The molecule has 1 fully saturated rings. The highest BCUT2D eigenvalue weighted by Crippen LogP contribution is 2.39. The third-order valence-electron chi connectivity index (χ3n) is 2.73. The number of aliphatic carboxylic acids is 1. The molecule has 0 bridgehead atoms. The molecule has 2 unspecified atom stereocenters. The van der Waals surface area contributed by atoms with Crippen molar-refractivity contribution < 1.29 is 9.90 Å². The smallest absolute Gasteiger partial charge is 0.306 e. The van der Waals surface area contributed by atoms with Gasteiger partial charge in [-0.1, -0.05) is 23.2 Å². The highest BCUT2D eigenvalue weighted by Gasteiger charge is 2.42. The number of hydrogen-bond donors (Lipinski definition) is 2. The average molecular weight is 260 g/mol. The Kier molecular flexibility index (Phi) is 3.26. The molecule has 0 aromatic heterocycles. The van der Waals surface area contributed by atoms with Crippen LogP contribution in [0.2, 0.25) is 10.0 Å². The molecule has 1 saturated carbocycles. The van der Waals surface area contributed by atoms with Crippen LogP contribution in [0.15, 0.2) is 18.2 Å². The van der Waals surface area contributed by atoms with Crippen LogP contribution in [0, 0.1) is 11.8 Å². The van der Waals surface area contributed by atoms with E-state index in [1.807, 2.05) is 0 Å². The van der Waals surface area contributed by atoms with E-state index in [0.29, 0.717) is 16.6 Å². The first kappa shape index (κ1) is 11.6. The summed E-state index contributed by atoms with van der Waals surface area (Å²) in [4.78, 5) is 10.6. The maximum Gasteiger partial charge on any atom is 0.306 e. The Morgan fingerprint density at radius 1 is 1.50 bits per heavy atom. The standard InChI is InChI=1S/C11H11Cl2NO2/c12-7-1-2-10(9(13)4-7)14-5-6-3-8(6)11(15)16/h1-2,4,6,8,14H,3,5H2,(H,15,16). The van der Waals surface area contributed by atoms with E-state index in [-0.39, 0.29) is 11.8 Å². The van der Waals surface area contributed by atoms with E-state index in [1.165, 1.54) is 0 Å². The van der Waals surface area contributed by atoms with E-state index >= 15 is 0 Å². The Hall–Kier alpha value is -0.930. The lowest BCUT2D eigenvalue weighted by Gasteiger charge is -2.07. The predicted molar refractivity (Wildman–Crippen MR) is 64.2 cm³/mol. The molecule has 0 radical (unpaired) electrons. The van der Waals surface area contributed by atoms with Gasteiger partial charge in [0.25, 0.3) is 0 Å². The third-order valence-corrected chi connectivity index (χ3v) is 3.27. The summed E-state index contributed by atoms with van der Waals surface area (Å²) >= 11 is 11.7. The molecule has 3 nitrogen and oxygen atoms in total. The van der Waals surface area contributed by atoms with Gasteiger partial charge in [0.05, 0.1) is 16.6 Å². The molecule has 1 aliphatic rings. The maximum absolute atomic E-state index is 10.6. The summed E-state index contributed by atoms with van der Waals surface area (Å²) in [5.74, 6) is -0.697. The van der Waals surface area contributed by atoms with Gasteiger partial charge in [-0.15, -0.1) is 0 Å². The van der Waals surface area contributed by atoms with E-state index in [2.05, 4.69) is 5.32 Å². The summed E-state index contributed by atoms with van der Waals surface area (Å²) in [5, 5.41) is 13.0. The molecule has 1 aromatic rings. The van der Waals surface area contributed by atoms with Gasteiger partial charge in [0.2, 0.25) is 0 Å². The molecule has 0 spiro atoms. The van der Waals surface area contributed by atoms with Crippen LogP contribution in [0.4, 0.5) is 5.69 Å². The van der Waals surface area contributed by atoms with E-state index in [4.69, 9.17) is 28.3 Å². The molecule has 2 N–H and O–H groups in total. The van der Waals surface area contributed by atoms with Gasteiger partial charge in [0.1, 0.15) is 0 Å². The van der Waals surface area contributed by atoms with Gasteiger partial charge in [0.15, 0.2) is 0 Å². The SMILES string of the molecule is O=C(O)C1CC1CNc1ccc(Cl)cc1Cl. The maximum atomic E-state index is 10.6. The largest absolute Gasteiger partial charge is 0.481 e. The Morgan fingerprint density at radius 3 is 2.81 bits per heavy atom. The Labute approximate surface area is 103 Å². The first-order valence-corrected chi connectivity index (χ1v) is 5.75. The summed E-state index contributed by atoms with van der Waals surface area (Å²) in [5.41, 5.74) is 0.794. The second-order valence-electron chi connectivity index (χ2n) is 3.95. The summed E-state index contributed by atoms with van der Waals surface area (Å²) in [6.07, 6.45) is 0.744. The normalized spacial score (nSPS) is 22.9. The first-order valence-electron chi connectivity index (χ1n) is 4.99. The van der Waals surface area contributed by atoms with Crippen molar-refractivity contribution in [3.05, 3.63) is 28.2 Å². The molecule has 86 valence electrons. The van der Waals surface area contributed by atoms with Gasteiger partial charge in [0, 0.05) is 11.6 Å². The predicted octanol–water partition coefficient (Wildman–Crippen LogP) is 3.13. The zero-order chi connectivity index (χ0) is 11.7. The molecule has 2 atom stereocenters. The minimum absolute atomic E-state index is 0.196. The van der Waals surface area contributed by atoms with Crippen molar-refractivity contribution in [1.29, 1.82) is 0 Å². The lowest BCUT2D eigenvalue weighted by molar-refractivity contribution is -0.138. The number of hydrogen-bond acceptors (Lipinski definition) is 2. The van der Waals surface area contributed by atoms with Crippen LogP contribution < -0.4 is 5.32 Å². The van der Waals surface area contributed by atoms with Crippen LogP contribution >= 0.6 is 23.2 Å². The molecule has 0 amide bonds. The minimum atomic E-state index is -0.714. The first-order chi connectivity index (χ1) is 7.58. The molecule has 1 aromatic carbocycles. The molecule has 0 heterocycles. The zero-order valence-corrected chi connectivity index (χ0v) is 9.92. The Bertz CT molecular complexity index is 422. The van der Waals surface area contributed by atoms with Crippen molar-refractivity contribution in [3.63, 3.8) is 0 Å². The topological polar surface area (TPSA) is 49.3 Å². The molecule has 16 heavy (non-hydrogen) atoms. The monoisotopic (exact) mass is 259 g/mol. The fourth-order valence-electron chi connectivity index (χ4n) is 1.65. The van der Waals surface area contributed by atoms with Crippen molar-refractivity contribution in [2.75, 3.05) is 11.9 Å². The second kappa shape index (κ2) is 4.52. The van der Waals surface area contributed by atoms with Crippen LogP contribution in [-0.4, -0.2) is 17.6 Å². The van der Waals surface area contributed by atoms with Gasteiger partial charge >= 0.3 is 5.97 Å². The fraction of sp³-hybridized carbons (Fsp3) is 0.364. The molecular weight excluding hydrogens is 249 g/mol. The molecule has 2 rings (SSSR count). The molecule has 5 heteroatoms. The second-order valence-corrected chi connectivity index (χ2v) is 4.79. The molecular formula is C11H11Cl2NO2. The van der Waals surface area contributed by atoms with E-state index < -0.39 is 5.97 Å². The van der Waals surface area contributed by atoms with E-state index in [1.54, 1.807) is 18.2 Å². The lowest BCUT2D eigenvalue weighted by atomic mass is 10.3. The zero-order valence-electron chi connectivity index (χ0n) is 8.41. The number of carbonyl (C=O) groups is 1. The summed E-state index contributed by atoms with van der Waals surface area (Å²) in [6, 6.07) is 5.20. The van der Waals surface area contributed by atoms with Crippen LogP contribution in [0.5, 0.6) is 0 Å². The number of halogens is 2. The number of rotatable bonds is 4. The number of benzene rings is 1. The summed E-state index contributed by atoms with van der Waals surface area (Å²) in [6.45, 7) is 0.637. The van der Waals surface area contributed by atoms with Crippen LogP contribution in [0.1, 0.15) is 6.42 Å².